The van der Waals surface area contributed by atoms with Gasteiger partial charge in [0.15, 0.2) is 0 Å². The molecule has 104 valence electrons. The average Bonchev–Trinajstić information content (AvgIpc) is 2.42. The number of phenols is 1. The molecule has 19 heavy (non-hydrogen) atoms. The number of hydrogen-bond acceptors (Lipinski definition) is 3. The largest absolute Gasteiger partial charge is 0.507 e. The van der Waals surface area contributed by atoms with Gasteiger partial charge in [0.2, 0.25) is 0 Å². The molecule has 1 amide bonds. The number of rotatable bonds is 3. The summed E-state index contributed by atoms with van der Waals surface area (Å²) in [5.41, 5.74) is 0.549. The van der Waals surface area contributed by atoms with Gasteiger partial charge in [-0.25, -0.2) is 0 Å². The predicted molar refractivity (Wildman–Crippen MR) is 78.4 cm³/mol. The van der Waals surface area contributed by atoms with Gasteiger partial charge >= 0.3 is 0 Å². The molecule has 0 aliphatic carbocycles. The Hall–Kier alpha value is -1.07. The molecule has 1 fully saturated rings. The number of amides is 1. The maximum absolute atomic E-state index is 12.3. The van der Waals surface area contributed by atoms with Gasteiger partial charge in [0.25, 0.3) is 5.91 Å². The molecule has 0 radical (unpaired) electrons. The lowest BCUT2D eigenvalue weighted by Gasteiger charge is -2.32. The molecule has 1 heterocycles. The van der Waals surface area contributed by atoms with Crippen molar-refractivity contribution in [3.05, 3.63) is 28.2 Å². The fraction of sp³-hybridized carbons (Fsp3) is 0.500. The summed E-state index contributed by atoms with van der Waals surface area (Å²) >= 11 is 3.22. The average molecular weight is 327 g/mol. The van der Waals surface area contributed by atoms with Crippen molar-refractivity contribution in [2.45, 2.75) is 12.8 Å². The van der Waals surface area contributed by atoms with Crippen LogP contribution in [0.4, 0.5) is 0 Å². The van der Waals surface area contributed by atoms with E-state index in [0.29, 0.717) is 16.0 Å². The first-order chi connectivity index (χ1) is 9.11. The van der Waals surface area contributed by atoms with Crippen molar-refractivity contribution >= 4 is 21.8 Å². The third-order valence-electron chi connectivity index (χ3n) is 3.59. The maximum atomic E-state index is 12.3. The molecule has 2 N–H and O–H groups in total. The number of nitrogens with zero attached hydrogens (tertiary/aromatic N) is 1. The number of hydrogen-bond donors (Lipinski definition) is 2. The topological polar surface area (TPSA) is 52.6 Å². The van der Waals surface area contributed by atoms with Crippen molar-refractivity contribution in [2.24, 2.45) is 5.92 Å². The standard InChI is InChI=1S/C14H19BrN2O2/c1-16-9-10-4-6-17(7-5-10)14(19)11-2-3-12(15)13(18)8-11/h2-3,8,10,16,18H,4-7,9H2,1H3. The van der Waals surface area contributed by atoms with E-state index in [1.165, 1.54) is 6.07 Å². The zero-order valence-electron chi connectivity index (χ0n) is 11.0. The highest BCUT2D eigenvalue weighted by atomic mass is 79.9. The van der Waals surface area contributed by atoms with E-state index in [4.69, 9.17) is 0 Å². The first-order valence-corrected chi connectivity index (χ1v) is 7.33. The van der Waals surface area contributed by atoms with E-state index in [1.807, 2.05) is 11.9 Å². The Kier molecular flexibility index (Phi) is 4.82. The Morgan fingerprint density at radius 3 is 2.74 bits per heavy atom. The van der Waals surface area contributed by atoms with Gasteiger partial charge in [-0.05, 0) is 66.5 Å². The van der Waals surface area contributed by atoms with Crippen LogP contribution >= 0.6 is 15.9 Å². The van der Waals surface area contributed by atoms with Crippen LogP contribution in [-0.2, 0) is 0 Å². The summed E-state index contributed by atoms with van der Waals surface area (Å²) in [7, 11) is 1.96. The van der Waals surface area contributed by atoms with Crippen LogP contribution in [0.25, 0.3) is 0 Å². The molecular weight excluding hydrogens is 308 g/mol. The summed E-state index contributed by atoms with van der Waals surface area (Å²) in [6.07, 6.45) is 2.07. The van der Waals surface area contributed by atoms with Crippen molar-refractivity contribution in [1.29, 1.82) is 0 Å². The van der Waals surface area contributed by atoms with Crippen LogP contribution in [0.2, 0.25) is 0 Å². The number of phenolic OH excluding ortho intramolecular Hbond substituents is 1. The molecule has 1 saturated heterocycles. The summed E-state index contributed by atoms with van der Waals surface area (Å²) in [6, 6.07) is 4.97. The van der Waals surface area contributed by atoms with Gasteiger partial charge in [-0.3, -0.25) is 4.79 Å². The molecule has 1 aliphatic heterocycles. The molecular formula is C14H19BrN2O2. The Morgan fingerprint density at radius 2 is 2.16 bits per heavy atom. The van der Waals surface area contributed by atoms with Crippen LogP contribution in [0.5, 0.6) is 5.75 Å². The van der Waals surface area contributed by atoms with Crippen LogP contribution in [0.3, 0.4) is 0 Å². The molecule has 0 bridgehead atoms. The number of carbonyl (C=O) groups excluding carboxylic acids is 1. The molecule has 0 unspecified atom stereocenters. The molecule has 5 heteroatoms. The molecule has 4 nitrogen and oxygen atoms in total. The van der Waals surface area contributed by atoms with Gasteiger partial charge in [0.05, 0.1) is 4.47 Å². The van der Waals surface area contributed by atoms with Crippen molar-refractivity contribution in [1.82, 2.24) is 10.2 Å². The zero-order valence-corrected chi connectivity index (χ0v) is 12.6. The lowest BCUT2D eigenvalue weighted by Crippen LogP contribution is -2.40. The molecule has 1 aliphatic rings. The second-order valence-electron chi connectivity index (χ2n) is 4.96. The molecule has 0 atom stereocenters. The minimum Gasteiger partial charge on any atom is -0.507 e. The summed E-state index contributed by atoms with van der Waals surface area (Å²) in [5.74, 6) is 0.772. The van der Waals surface area contributed by atoms with E-state index in [2.05, 4.69) is 21.2 Å². The van der Waals surface area contributed by atoms with Crippen LogP contribution in [0.1, 0.15) is 23.2 Å². The first-order valence-electron chi connectivity index (χ1n) is 6.54. The Bertz CT molecular complexity index is 457. The summed E-state index contributed by atoms with van der Waals surface area (Å²) in [5, 5.41) is 12.8. The van der Waals surface area contributed by atoms with E-state index in [1.54, 1.807) is 12.1 Å². The van der Waals surface area contributed by atoms with Crippen molar-refractivity contribution < 1.29 is 9.90 Å². The van der Waals surface area contributed by atoms with Gasteiger partial charge in [0, 0.05) is 18.7 Å². The van der Waals surface area contributed by atoms with E-state index in [0.717, 1.165) is 32.5 Å². The molecule has 0 saturated carbocycles. The van der Waals surface area contributed by atoms with Crippen LogP contribution in [0, 0.1) is 5.92 Å². The molecule has 0 aromatic heterocycles. The monoisotopic (exact) mass is 326 g/mol. The fourth-order valence-corrected chi connectivity index (χ4v) is 2.70. The van der Waals surface area contributed by atoms with Crippen molar-refractivity contribution in [3.63, 3.8) is 0 Å². The lowest BCUT2D eigenvalue weighted by atomic mass is 9.96. The number of nitrogens with one attached hydrogen (secondary N) is 1. The molecule has 1 aromatic rings. The summed E-state index contributed by atoms with van der Waals surface area (Å²) in [6.45, 7) is 2.60. The minimum absolute atomic E-state index is 0.00528. The normalized spacial score (nSPS) is 16.6. The second kappa shape index (κ2) is 6.39. The highest BCUT2D eigenvalue weighted by Crippen LogP contribution is 2.26. The smallest absolute Gasteiger partial charge is 0.253 e. The third-order valence-corrected chi connectivity index (χ3v) is 4.26. The maximum Gasteiger partial charge on any atom is 0.253 e. The quantitative estimate of drug-likeness (QED) is 0.895. The highest BCUT2D eigenvalue weighted by Gasteiger charge is 2.23. The summed E-state index contributed by atoms with van der Waals surface area (Å²) < 4.78 is 0.608. The van der Waals surface area contributed by atoms with E-state index < -0.39 is 0 Å². The number of benzene rings is 1. The van der Waals surface area contributed by atoms with Crippen LogP contribution in [-0.4, -0.2) is 42.6 Å². The minimum atomic E-state index is 0.00528. The Labute approximate surface area is 121 Å². The van der Waals surface area contributed by atoms with E-state index >= 15 is 0 Å². The van der Waals surface area contributed by atoms with Crippen LogP contribution in [0.15, 0.2) is 22.7 Å². The molecule has 2 rings (SSSR count). The van der Waals surface area contributed by atoms with E-state index in [9.17, 15) is 9.90 Å². The first kappa shape index (κ1) is 14.3. The zero-order chi connectivity index (χ0) is 13.8. The molecule has 1 aromatic carbocycles. The molecule has 0 spiro atoms. The second-order valence-corrected chi connectivity index (χ2v) is 5.81. The number of aromatic hydroxyl groups is 1. The predicted octanol–water partition coefficient (Wildman–Crippen LogP) is 2.23. The van der Waals surface area contributed by atoms with Gasteiger partial charge in [-0.2, -0.15) is 0 Å². The van der Waals surface area contributed by atoms with Gasteiger partial charge in [-0.1, -0.05) is 0 Å². The number of piperidine rings is 1. The van der Waals surface area contributed by atoms with Crippen LogP contribution < -0.4 is 5.32 Å². The number of carbonyl (C=O) groups is 1. The Balaban J connectivity index is 1.99. The number of likely N-dealkylation sites (tertiary alicyclic amines) is 1. The van der Waals surface area contributed by atoms with Gasteiger partial charge in [0.1, 0.15) is 5.75 Å². The Morgan fingerprint density at radius 1 is 1.47 bits per heavy atom. The van der Waals surface area contributed by atoms with Crippen molar-refractivity contribution in [2.75, 3.05) is 26.7 Å². The van der Waals surface area contributed by atoms with Gasteiger partial charge in [-0.15, -0.1) is 0 Å². The van der Waals surface area contributed by atoms with E-state index in [-0.39, 0.29) is 11.7 Å². The fourth-order valence-electron chi connectivity index (χ4n) is 2.46. The van der Waals surface area contributed by atoms with Gasteiger partial charge < -0.3 is 15.3 Å². The van der Waals surface area contributed by atoms with Crippen molar-refractivity contribution in [3.8, 4) is 5.75 Å². The third kappa shape index (κ3) is 3.48. The summed E-state index contributed by atoms with van der Waals surface area (Å²) in [4.78, 5) is 14.2. The number of halogens is 1. The lowest BCUT2D eigenvalue weighted by molar-refractivity contribution is 0.0690. The highest BCUT2D eigenvalue weighted by molar-refractivity contribution is 9.10. The SMILES string of the molecule is CNCC1CCN(C(=O)c2ccc(Br)c(O)c2)CC1.